The van der Waals surface area contributed by atoms with Gasteiger partial charge in [-0.15, -0.1) is 0 Å². The average molecular weight is 415 g/mol. The number of carbonyl (C=O) groups excluding carboxylic acids is 2. The number of fused-ring (bicyclic) bond motifs is 1. The predicted octanol–water partition coefficient (Wildman–Crippen LogP) is 3.27. The van der Waals surface area contributed by atoms with Crippen LogP contribution in [0.2, 0.25) is 0 Å². The molecule has 0 fully saturated rings. The van der Waals surface area contributed by atoms with Crippen LogP contribution in [0.1, 0.15) is 33.3 Å². The van der Waals surface area contributed by atoms with Gasteiger partial charge in [-0.05, 0) is 37.3 Å². The molecule has 0 spiro atoms. The summed E-state index contributed by atoms with van der Waals surface area (Å²) in [7, 11) is 0. The fourth-order valence-corrected chi connectivity index (χ4v) is 2.77. The zero-order valence-corrected chi connectivity index (χ0v) is 15.4. The lowest BCUT2D eigenvalue weighted by Crippen LogP contribution is -2.17. The van der Waals surface area contributed by atoms with Crippen molar-refractivity contribution in [1.82, 2.24) is 15.4 Å². The van der Waals surface area contributed by atoms with Crippen LogP contribution in [0.5, 0.6) is 0 Å². The first-order valence-electron chi connectivity index (χ1n) is 7.82. The Morgan fingerprint density at radius 2 is 2.08 bits per heavy atom. The number of hydrogen-bond donors (Lipinski definition) is 2. The van der Waals surface area contributed by atoms with Crippen molar-refractivity contribution in [3.05, 3.63) is 64.0 Å². The van der Waals surface area contributed by atoms with E-state index in [0.717, 1.165) is 15.4 Å². The summed E-state index contributed by atoms with van der Waals surface area (Å²) in [4.78, 5) is 31.2. The van der Waals surface area contributed by atoms with E-state index in [-0.39, 0.29) is 18.2 Å². The Morgan fingerprint density at radius 1 is 1.31 bits per heavy atom. The average Bonchev–Trinajstić information content (AvgIpc) is 3.00. The molecule has 8 heteroatoms. The van der Waals surface area contributed by atoms with Gasteiger partial charge in [0, 0.05) is 38.9 Å². The number of amides is 1. The number of aromatic nitrogens is 2. The van der Waals surface area contributed by atoms with Crippen LogP contribution >= 0.6 is 15.9 Å². The molecule has 0 aliphatic heterocycles. The zero-order chi connectivity index (χ0) is 18.5. The van der Waals surface area contributed by atoms with Gasteiger partial charge in [0.2, 0.25) is 0 Å². The second-order valence-corrected chi connectivity index (χ2v) is 6.17. The molecule has 7 nitrogen and oxygen atoms in total. The van der Waals surface area contributed by atoms with Crippen LogP contribution in [0, 0.1) is 0 Å². The number of rotatable bonds is 5. The van der Waals surface area contributed by atoms with E-state index in [4.69, 9.17) is 4.74 Å². The van der Waals surface area contributed by atoms with E-state index in [0.29, 0.717) is 11.1 Å². The lowest BCUT2D eigenvalue weighted by Gasteiger charge is -2.01. The maximum Gasteiger partial charge on any atom is 0.355 e. The van der Waals surface area contributed by atoms with Crippen LogP contribution in [-0.2, 0) is 4.74 Å². The van der Waals surface area contributed by atoms with Crippen LogP contribution in [0.15, 0.2) is 52.3 Å². The van der Waals surface area contributed by atoms with E-state index < -0.39 is 5.97 Å². The molecule has 0 aliphatic rings. The maximum atomic E-state index is 12.2. The Labute approximate surface area is 157 Å². The standard InChI is InChI=1S/C18H15BrN4O3/c1-2-26-18(25)16-14(13-9-12(19)3-4-15(13)22-16)10-21-23-17(24)11-5-7-20-8-6-11/h3-10,22H,2H2,1H3,(H,23,24)/b21-10-. The van der Waals surface area contributed by atoms with E-state index in [2.05, 4.69) is 36.4 Å². The van der Waals surface area contributed by atoms with E-state index in [1.54, 1.807) is 19.1 Å². The minimum Gasteiger partial charge on any atom is -0.461 e. The molecule has 1 aromatic carbocycles. The Morgan fingerprint density at radius 3 is 2.81 bits per heavy atom. The van der Waals surface area contributed by atoms with Crippen molar-refractivity contribution >= 4 is 44.9 Å². The first kappa shape index (κ1) is 17.8. The summed E-state index contributed by atoms with van der Waals surface area (Å²) >= 11 is 3.42. The van der Waals surface area contributed by atoms with Crippen molar-refractivity contribution in [1.29, 1.82) is 0 Å². The molecule has 0 aliphatic carbocycles. The largest absolute Gasteiger partial charge is 0.461 e. The number of ether oxygens (including phenoxy) is 1. The van der Waals surface area contributed by atoms with Crippen molar-refractivity contribution in [2.75, 3.05) is 6.61 Å². The molecule has 132 valence electrons. The third-order valence-electron chi connectivity index (χ3n) is 3.58. The molecule has 1 amide bonds. The molecular formula is C18H15BrN4O3. The predicted molar refractivity (Wildman–Crippen MR) is 101 cm³/mol. The van der Waals surface area contributed by atoms with E-state index >= 15 is 0 Å². The number of hydrazone groups is 1. The Balaban J connectivity index is 1.92. The Kier molecular flexibility index (Phi) is 5.43. The Hall–Kier alpha value is -3.00. The van der Waals surface area contributed by atoms with Crippen molar-refractivity contribution in [2.24, 2.45) is 5.10 Å². The number of pyridine rings is 1. The molecule has 0 bridgehead atoms. The van der Waals surface area contributed by atoms with E-state index in [1.807, 2.05) is 18.2 Å². The van der Waals surface area contributed by atoms with Gasteiger partial charge in [-0.2, -0.15) is 5.10 Å². The maximum absolute atomic E-state index is 12.2. The quantitative estimate of drug-likeness (QED) is 0.380. The van der Waals surface area contributed by atoms with Crippen molar-refractivity contribution in [2.45, 2.75) is 6.92 Å². The van der Waals surface area contributed by atoms with Gasteiger partial charge in [-0.25, -0.2) is 10.2 Å². The van der Waals surface area contributed by atoms with Gasteiger partial charge >= 0.3 is 5.97 Å². The first-order chi connectivity index (χ1) is 12.6. The molecule has 0 saturated carbocycles. The molecule has 0 unspecified atom stereocenters. The van der Waals surface area contributed by atoms with Gasteiger partial charge in [-0.1, -0.05) is 15.9 Å². The lowest BCUT2D eigenvalue weighted by molar-refractivity contribution is 0.0520. The van der Waals surface area contributed by atoms with Crippen LogP contribution in [0.3, 0.4) is 0 Å². The van der Waals surface area contributed by atoms with E-state index in [9.17, 15) is 9.59 Å². The smallest absolute Gasteiger partial charge is 0.355 e. The SMILES string of the molecule is CCOC(=O)c1[nH]c2ccc(Br)cc2c1/C=N\NC(=O)c1ccncc1. The van der Waals surface area contributed by atoms with Crippen molar-refractivity contribution < 1.29 is 14.3 Å². The molecule has 0 atom stereocenters. The summed E-state index contributed by atoms with van der Waals surface area (Å²) in [5, 5.41) is 4.77. The van der Waals surface area contributed by atoms with Gasteiger partial charge < -0.3 is 9.72 Å². The van der Waals surface area contributed by atoms with Crippen LogP contribution in [0.4, 0.5) is 0 Å². The van der Waals surface area contributed by atoms with Crippen LogP contribution in [-0.4, -0.2) is 34.7 Å². The van der Waals surface area contributed by atoms with Crippen molar-refractivity contribution in [3.63, 3.8) is 0 Å². The molecule has 0 saturated heterocycles. The molecule has 26 heavy (non-hydrogen) atoms. The van der Waals surface area contributed by atoms with Gasteiger partial charge in [0.1, 0.15) is 5.69 Å². The third-order valence-corrected chi connectivity index (χ3v) is 4.08. The van der Waals surface area contributed by atoms with Gasteiger partial charge in [0.25, 0.3) is 5.91 Å². The molecule has 3 rings (SSSR count). The third kappa shape index (κ3) is 3.80. The number of nitrogens with zero attached hydrogens (tertiary/aromatic N) is 2. The molecule has 2 heterocycles. The van der Waals surface area contributed by atoms with Gasteiger partial charge in [-0.3, -0.25) is 9.78 Å². The summed E-state index contributed by atoms with van der Waals surface area (Å²) in [5.41, 5.74) is 4.45. The molecule has 3 aromatic rings. The second-order valence-electron chi connectivity index (χ2n) is 5.26. The lowest BCUT2D eigenvalue weighted by atomic mass is 10.1. The summed E-state index contributed by atoms with van der Waals surface area (Å²) in [6, 6.07) is 8.73. The highest BCUT2D eigenvalue weighted by atomic mass is 79.9. The molecule has 0 radical (unpaired) electrons. The fourth-order valence-electron chi connectivity index (χ4n) is 2.41. The van der Waals surface area contributed by atoms with Gasteiger partial charge in [0.15, 0.2) is 0 Å². The second kappa shape index (κ2) is 7.92. The summed E-state index contributed by atoms with van der Waals surface area (Å²) in [6.45, 7) is 1.99. The van der Waals surface area contributed by atoms with Crippen LogP contribution in [0.25, 0.3) is 10.9 Å². The normalized spacial score (nSPS) is 11.0. The Bertz CT molecular complexity index is 983. The molecule has 2 N–H and O–H groups in total. The number of benzene rings is 1. The minimum absolute atomic E-state index is 0.257. The minimum atomic E-state index is -0.485. The zero-order valence-electron chi connectivity index (χ0n) is 13.8. The summed E-state index contributed by atoms with van der Waals surface area (Å²) in [6.07, 6.45) is 4.47. The monoisotopic (exact) mass is 414 g/mol. The number of esters is 1. The topological polar surface area (TPSA) is 96.4 Å². The highest BCUT2D eigenvalue weighted by molar-refractivity contribution is 9.10. The summed E-state index contributed by atoms with van der Waals surface area (Å²) in [5.74, 6) is -0.857. The number of hydrogen-bond acceptors (Lipinski definition) is 5. The number of carbonyl (C=O) groups is 2. The first-order valence-corrected chi connectivity index (χ1v) is 8.61. The highest BCUT2D eigenvalue weighted by Gasteiger charge is 2.18. The highest BCUT2D eigenvalue weighted by Crippen LogP contribution is 2.25. The number of aromatic amines is 1. The van der Waals surface area contributed by atoms with Crippen LogP contribution < -0.4 is 5.43 Å². The number of halogens is 1. The number of H-pyrrole nitrogens is 1. The number of nitrogens with one attached hydrogen (secondary N) is 2. The molecular weight excluding hydrogens is 400 g/mol. The molecule has 2 aromatic heterocycles. The van der Waals surface area contributed by atoms with E-state index in [1.165, 1.54) is 18.6 Å². The van der Waals surface area contributed by atoms with Gasteiger partial charge in [0.05, 0.1) is 12.8 Å². The van der Waals surface area contributed by atoms with Crippen molar-refractivity contribution in [3.8, 4) is 0 Å². The summed E-state index contributed by atoms with van der Waals surface area (Å²) < 4.78 is 5.94. The fraction of sp³-hybridized carbons (Fsp3) is 0.111.